The van der Waals surface area contributed by atoms with Gasteiger partial charge in [0.1, 0.15) is 5.52 Å². The van der Waals surface area contributed by atoms with Gasteiger partial charge in [0, 0.05) is 23.0 Å². The summed E-state index contributed by atoms with van der Waals surface area (Å²) in [5.74, 6) is -0.209. The smallest absolute Gasteiger partial charge is 0.255 e. The Labute approximate surface area is 120 Å². The zero-order valence-corrected chi connectivity index (χ0v) is 11.1. The van der Waals surface area contributed by atoms with E-state index in [4.69, 9.17) is 11.6 Å². The minimum absolute atomic E-state index is 0.209. The van der Waals surface area contributed by atoms with Crippen LogP contribution in [0.1, 0.15) is 10.4 Å². The maximum atomic E-state index is 12.2. The van der Waals surface area contributed by atoms with Crippen molar-refractivity contribution < 1.29 is 4.79 Å². The van der Waals surface area contributed by atoms with Crippen LogP contribution in [0.15, 0.2) is 54.9 Å². The summed E-state index contributed by atoms with van der Waals surface area (Å²) in [5.41, 5.74) is 2.57. The number of benzene rings is 2. The predicted octanol–water partition coefficient (Wildman–Crippen LogP) is 3.54. The lowest BCUT2D eigenvalue weighted by atomic mass is 10.2. The summed E-state index contributed by atoms with van der Waals surface area (Å²) in [4.78, 5) is 20.6. The largest absolute Gasteiger partial charge is 0.320 e. The van der Waals surface area contributed by atoms with Crippen LogP contribution in [0.4, 0.5) is 5.69 Å². The van der Waals surface area contributed by atoms with E-state index in [9.17, 15) is 4.79 Å². The van der Waals surface area contributed by atoms with Crippen LogP contribution >= 0.6 is 11.6 Å². The molecule has 0 aliphatic rings. The molecular formula is C15H10ClN3O. The molecule has 1 N–H and O–H groups in total. The zero-order chi connectivity index (χ0) is 13.9. The fourth-order valence-electron chi connectivity index (χ4n) is 1.89. The number of nitrogens with zero attached hydrogens (tertiary/aromatic N) is 2. The third kappa shape index (κ3) is 2.46. The maximum absolute atomic E-state index is 12.2. The van der Waals surface area contributed by atoms with E-state index < -0.39 is 0 Å². The molecule has 2 aromatic carbocycles. The van der Waals surface area contributed by atoms with E-state index in [1.165, 1.54) is 0 Å². The highest BCUT2D eigenvalue weighted by atomic mass is 35.5. The molecule has 0 bridgehead atoms. The van der Waals surface area contributed by atoms with Crippen LogP contribution in [0, 0.1) is 0 Å². The van der Waals surface area contributed by atoms with Crippen molar-refractivity contribution in [1.29, 1.82) is 0 Å². The summed E-state index contributed by atoms with van der Waals surface area (Å²) in [6.07, 6.45) is 3.22. The van der Waals surface area contributed by atoms with Gasteiger partial charge in [-0.15, -0.1) is 0 Å². The highest BCUT2D eigenvalue weighted by molar-refractivity contribution is 6.30. The monoisotopic (exact) mass is 283 g/mol. The number of carbonyl (C=O) groups is 1. The van der Waals surface area contributed by atoms with Crippen molar-refractivity contribution in [3.8, 4) is 0 Å². The van der Waals surface area contributed by atoms with Gasteiger partial charge in [-0.05, 0) is 36.4 Å². The molecule has 1 aromatic heterocycles. The molecule has 3 rings (SSSR count). The Morgan fingerprint density at radius 3 is 2.55 bits per heavy atom. The molecule has 98 valence electrons. The first-order valence-electron chi connectivity index (χ1n) is 6.01. The summed E-state index contributed by atoms with van der Waals surface area (Å²) in [6.45, 7) is 0. The van der Waals surface area contributed by atoms with E-state index in [0.29, 0.717) is 21.8 Å². The number of hydrogen-bond donors (Lipinski definition) is 1. The molecule has 4 nitrogen and oxygen atoms in total. The number of nitrogens with one attached hydrogen (secondary N) is 1. The summed E-state index contributed by atoms with van der Waals surface area (Å²) in [7, 11) is 0. The van der Waals surface area contributed by atoms with E-state index in [1.807, 2.05) is 12.1 Å². The van der Waals surface area contributed by atoms with Crippen molar-refractivity contribution in [2.45, 2.75) is 0 Å². The molecule has 3 aromatic rings. The van der Waals surface area contributed by atoms with Crippen LogP contribution in [0.3, 0.4) is 0 Å². The molecule has 0 atom stereocenters. The van der Waals surface area contributed by atoms with Gasteiger partial charge in [0.2, 0.25) is 0 Å². The Balaban J connectivity index is 1.93. The summed E-state index contributed by atoms with van der Waals surface area (Å²) in [6, 6.07) is 12.2. The number of aromatic nitrogens is 2. The first-order chi connectivity index (χ1) is 9.74. The van der Waals surface area contributed by atoms with Crippen LogP contribution in [0.5, 0.6) is 0 Å². The second kappa shape index (κ2) is 5.27. The van der Waals surface area contributed by atoms with Crippen LogP contribution in [0.25, 0.3) is 11.0 Å². The van der Waals surface area contributed by atoms with Crippen molar-refractivity contribution in [3.05, 3.63) is 65.4 Å². The summed E-state index contributed by atoms with van der Waals surface area (Å²) >= 11 is 5.80. The van der Waals surface area contributed by atoms with Gasteiger partial charge in [-0.3, -0.25) is 14.8 Å². The van der Waals surface area contributed by atoms with Crippen LogP contribution in [-0.2, 0) is 0 Å². The normalized spacial score (nSPS) is 10.4. The maximum Gasteiger partial charge on any atom is 0.255 e. The number of carbonyl (C=O) groups excluding carboxylic acids is 1. The van der Waals surface area contributed by atoms with Crippen molar-refractivity contribution in [2.24, 2.45) is 0 Å². The molecule has 0 unspecified atom stereocenters. The molecule has 5 heteroatoms. The number of hydrogen-bond acceptors (Lipinski definition) is 3. The SMILES string of the molecule is O=C(Nc1cccc2nccnc12)c1ccc(Cl)cc1. The fraction of sp³-hybridized carbons (Fsp3) is 0. The molecule has 0 aliphatic heterocycles. The Bertz CT molecular complexity index is 766. The quantitative estimate of drug-likeness (QED) is 0.783. The van der Waals surface area contributed by atoms with Gasteiger partial charge >= 0.3 is 0 Å². The van der Waals surface area contributed by atoms with Gasteiger partial charge in [-0.2, -0.15) is 0 Å². The second-order valence-corrected chi connectivity index (χ2v) is 4.63. The van der Waals surface area contributed by atoms with Gasteiger partial charge in [0.25, 0.3) is 5.91 Å². The van der Waals surface area contributed by atoms with Crippen molar-refractivity contribution in [2.75, 3.05) is 5.32 Å². The molecule has 0 aliphatic carbocycles. The van der Waals surface area contributed by atoms with E-state index in [-0.39, 0.29) is 5.91 Å². The number of halogens is 1. The Morgan fingerprint density at radius 1 is 1.00 bits per heavy atom. The Kier molecular flexibility index (Phi) is 3.31. The third-order valence-electron chi connectivity index (χ3n) is 2.85. The van der Waals surface area contributed by atoms with Gasteiger partial charge in [-0.1, -0.05) is 17.7 Å². The van der Waals surface area contributed by atoms with Crippen LogP contribution in [-0.4, -0.2) is 15.9 Å². The predicted molar refractivity (Wildman–Crippen MR) is 78.9 cm³/mol. The van der Waals surface area contributed by atoms with Gasteiger partial charge in [0.15, 0.2) is 0 Å². The van der Waals surface area contributed by atoms with Gasteiger partial charge < -0.3 is 5.32 Å². The highest BCUT2D eigenvalue weighted by Gasteiger charge is 2.09. The fourth-order valence-corrected chi connectivity index (χ4v) is 2.02. The number of rotatable bonds is 2. The first kappa shape index (κ1) is 12.6. The minimum Gasteiger partial charge on any atom is -0.320 e. The molecule has 0 saturated heterocycles. The zero-order valence-electron chi connectivity index (χ0n) is 10.4. The van der Waals surface area contributed by atoms with Crippen LogP contribution < -0.4 is 5.32 Å². The lowest BCUT2D eigenvalue weighted by Crippen LogP contribution is -2.12. The minimum atomic E-state index is -0.209. The number of para-hydroxylation sites is 1. The van der Waals surface area contributed by atoms with E-state index in [0.717, 1.165) is 5.52 Å². The average Bonchev–Trinajstić information content (AvgIpc) is 2.48. The van der Waals surface area contributed by atoms with Crippen molar-refractivity contribution >= 4 is 34.2 Å². The topological polar surface area (TPSA) is 54.9 Å². The van der Waals surface area contributed by atoms with Crippen LogP contribution in [0.2, 0.25) is 5.02 Å². The van der Waals surface area contributed by atoms with Crippen molar-refractivity contribution in [1.82, 2.24) is 9.97 Å². The lowest BCUT2D eigenvalue weighted by Gasteiger charge is -2.07. The molecule has 0 radical (unpaired) electrons. The molecule has 0 fully saturated rings. The van der Waals surface area contributed by atoms with E-state index in [2.05, 4.69) is 15.3 Å². The molecular weight excluding hydrogens is 274 g/mol. The first-order valence-corrected chi connectivity index (χ1v) is 6.38. The molecule has 20 heavy (non-hydrogen) atoms. The highest BCUT2D eigenvalue weighted by Crippen LogP contribution is 2.20. The van der Waals surface area contributed by atoms with E-state index in [1.54, 1.807) is 42.7 Å². The van der Waals surface area contributed by atoms with Crippen molar-refractivity contribution in [3.63, 3.8) is 0 Å². The number of amides is 1. The standard InChI is InChI=1S/C15H10ClN3O/c16-11-6-4-10(5-7-11)15(20)19-13-3-1-2-12-14(13)18-9-8-17-12/h1-9H,(H,19,20). The molecule has 0 spiro atoms. The molecule has 0 saturated carbocycles. The lowest BCUT2D eigenvalue weighted by molar-refractivity contribution is 0.102. The number of fused-ring (bicyclic) bond motifs is 1. The average molecular weight is 284 g/mol. The second-order valence-electron chi connectivity index (χ2n) is 4.19. The third-order valence-corrected chi connectivity index (χ3v) is 3.11. The Morgan fingerprint density at radius 2 is 1.75 bits per heavy atom. The van der Waals surface area contributed by atoms with Gasteiger partial charge in [-0.25, -0.2) is 0 Å². The Hall–Kier alpha value is -2.46. The molecule has 1 heterocycles. The summed E-state index contributed by atoms with van der Waals surface area (Å²) < 4.78 is 0. The molecule has 1 amide bonds. The van der Waals surface area contributed by atoms with E-state index >= 15 is 0 Å². The van der Waals surface area contributed by atoms with Gasteiger partial charge in [0.05, 0.1) is 11.2 Å². The number of anilines is 1. The summed E-state index contributed by atoms with van der Waals surface area (Å²) in [5, 5.41) is 3.43.